The summed E-state index contributed by atoms with van der Waals surface area (Å²) < 4.78 is 31.6. The van der Waals surface area contributed by atoms with Gasteiger partial charge in [0, 0.05) is 16.7 Å². The molecule has 0 unspecified atom stereocenters. The van der Waals surface area contributed by atoms with Crippen LogP contribution in [0.4, 0.5) is 5.69 Å². The number of nitrogen functional groups attached to an aromatic ring is 1. The first-order valence-corrected chi connectivity index (χ1v) is 6.82. The van der Waals surface area contributed by atoms with Crippen LogP contribution in [0.1, 0.15) is 6.92 Å². The Bertz CT molecular complexity index is 488. The van der Waals surface area contributed by atoms with Crippen molar-refractivity contribution in [2.24, 2.45) is 0 Å². The Kier molecular flexibility index (Phi) is 4.17. The van der Waals surface area contributed by atoms with Crippen LogP contribution in [0.3, 0.4) is 0 Å². The molecule has 1 aromatic rings. The van der Waals surface area contributed by atoms with E-state index in [2.05, 4.69) is 20.7 Å². The molecule has 0 saturated heterocycles. The van der Waals surface area contributed by atoms with Crippen molar-refractivity contribution in [3.05, 3.63) is 16.6 Å². The second-order valence-electron chi connectivity index (χ2n) is 3.03. The van der Waals surface area contributed by atoms with Gasteiger partial charge in [0.2, 0.25) is 10.0 Å². The summed E-state index contributed by atoms with van der Waals surface area (Å²) in [5.41, 5.74) is 5.99. The molecule has 0 saturated carbocycles. The van der Waals surface area contributed by atoms with Gasteiger partial charge in [0.05, 0.1) is 7.11 Å². The van der Waals surface area contributed by atoms with Crippen LogP contribution in [-0.2, 0) is 10.0 Å². The Morgan fingerprint density at radius 2 is 2.12 bits per heavy atom. The maximum absolute atomic E-state index is 11.8. The molecule has 16 heavy (non-hydrogen) atoms. The second-order valence-corrected chi connectivity index (χ2v) is 5.62. The minimum absolute atomic E-state index is 0.0394. The number of hydrogen-bond acceptors (Lipinski definition) is 4. The fourth-order valence-corrected chi connectivity index (χ4v) is 2.74. The molecule has 0 fully saturated rings. The van der Waals surface area contributed by atoms with Gasteiger partial charge in [-0.1, -0.05) is 6.92 Å². The fraction of sp³-hybridized carbons (Fsp3) is 0.333. The Balaban J connectivity index is 3.38. The molecular formula is C9H13BrN2O3S. The third-order valence-electron chi connectivity index (χ3n) is 1.91. The predicted octanol–water partition coefficient (Wildman–Crippen LogP) is 1.34. The molecule has 0 heterocycles. The first-order valence-electron chi connectivity index (χ1n) is 4.55. The van der Waals surface area contributed by atoms with Crippen LogP contribution < -0.4 is 15.2 Å². The van der Waals surface area contributed by atoms with Crippen molar-refractivity contribution in [1.82, 2.24) is 4.72 Å². The minimum Gasteiger partial charge on any atom is -0.495 e. The molecule has 1 aromatic carbocycles. The SMILES string of the molecule is CCNS(=O)(=O)c1cc(N)c(Br)cc1OC. The molecule has 0 aromatic heterocycles. The molecular weight excluding hydrogens is 296 g/mol. The Morgan fingerprint density at radius 1 is 1.50 bits per heavy atom. The van der Waals surface area contributed by atoms with Gasteiger partial charge in [0.25, 0.3) is 0 Å². The summed E-state index contributed by atoms with van der Waals surface area (Å²) in [6.45, 7) is 2.01. The van der Waals surface area contributed by atoms with Crippen molar-refractivity contribution in [1.29, 1.82) is 0 Å². The van der Waals surface area contributed by atoms with Gasteiger partial charge in [-0.25, -0.2) is 13.1 Å². The minimum atomic E-state index is -3.57. The van der Waals surface area contributed by atoms with E-state index in [4.69, 9.17) is 10.5 Å². The van der Waals surface area contributed by atoms with Crippen LogP contribution in [0.5, 0.6) is 5.75 Å². The zero-order valence-electron chi connectivity index (χ0n) is 8.95. The van der Waals surface area contributed by atoms with E-state index in [1.54, 1.807) is 6.92 Å². The maximum atomic E-state index is 11.8. The standard InChI is InChI=1S/C9H13BrN2O3S/c1-3-12-16(13,14)9-5-7(11)6(10)4-8(9)15-2/h4-5,12H,3,11H2,1-2H3. The van der Waals surface area contributed by atoms with E-state index in [9.17, 15) is 8.42 Å². The Hall–Kier alpha value is -0.790. The highest BCUT2D eigenvalue weighted by atomic mass is 79.9. The first-order chi connectivity index (χ1) is 7.42. The number of sulfonamides is 1. The molecule has 7 heteroatoms. The second kappa shape index (κ2) is 5.03. The summed E-state index contributed by atoms with van der Waals surface area (Å²) in [7, 11) is -2.16. The van der Waals surface area contributed by atoms with E-state index >= 15 is 0 Å². The zero-order valence-corrected chi connectivity index (χ0v) is 11.4. The Labute approximate surface area is 103 Å². The van der Waals surface area contributed by atoms with E-state index < -0.39 is 10.0 Å². The van der Waals surface area contributed by atoms with Crippen molar-refractivity contribution in [3.8, 4) is 5.75 Å². The van der Waals surface area contributed by atoms with Crippen molar-refractivity contribution in [2.75, 3.05) is 19.4 Å². The van der Waals surface area contributed by atoms with Gasteiger partial charge >= 0.3 is 0 Å². The van der Waals surface area contributed by atoms with Gasteiger partial charge in [-0.15, -0.1) is 0 Å². The highest BCUT2D eigenvalue weighted by Crippen LogP contribution is 2.31. The van der Waals surface area contributed by atoms with Crippen LogP contribution >= 0.6 is 15.9 Å². The number of anilines is 1. The lowest BCUT2D eigenvalue weighted by Gasteiger charge is -2.11. The lowest BCUT2D eigenvalue weighted by atomic mass is 10.3. The molecule has 5 nitrogen and oxygen atoms in total. The lowest BCUT2D eigenvalue weighted by Crippen LogP contribution is -2.23. The monoisotopic (exact) mass is 308 g/mol. The smallest absolute Gasteiger partial charge is 0.244 e. The van der Waals surface area contributed by atoms with Crippen molar-refractivity contribution >= 4 is 31.6 Å². The molecule has 0 amide bonds. The molecule has 0 aliphatic rings. The van der Waals surface area contributed by atoms with E-state index in [0.29, 0.717) is 16.7 Å². The Morgan fingerprint density at radius 3 is 2.62 bits per heavy atom. The fourth-order valence-electron chi connectivity index (χ4n) is 1.19. The van der Waals surface area contributed by atoms with Gasteiger partial charge in [-0.3, -0.25) is 0 Å². The largest absolute Gasteiger partial charge is 0.495 e. The van der Waals surface area contributed by atoms with E-state index in [1.165, 1.54) is 19.2 Å². The molecule has 0 spiro atoms. The van der Waals surface area contributed by atoms with Crippen molar-refractivity contribution in [2.45, 2.75) is 11.8 Å². The third-order valence-corrected chi connectivity index (χ3v) is 4.16. The summed E-state index contributed by atoms with van der Waals surface area (Å²) in [4.78, 5) is 0.0394. The molecule has 90 valence electrons. The number of ether oxygens (including phenoxy) is 1. The van der Waals surface area contributed by atoms with Crippen molar-refractivity contribution < 1.29 is 13.2 Å². The molecule has 0 atom stereocenters. The number of nitrogens with one attached hydrogen (secondary N) is 1. The number of nitrogens with two attached hydrogens (primary N) is 1. The molecule has 1 rings (SSSR count). The normalized spacial score (nSPS) is 11.4. The summed E-state index contributed by atoms with van der Waals surface area (Å²) >= 11 is 3.21. The first kappa shape index (κ1) is 13.3. The van der Waals surface area contributed by atoms with Gasteiger partial charge < -0.3 is 10.5 Å². The predicted molar refractivity (Wildman–Crippen MR) is 66.0 cm³/mol. The zero-order chi connectivity index (χ0) is 12.3. The van der Waals surface area contributed by atoms with Crippen molar-refractivity contribution in [3.63, 3.8) is 0 Å². The van der Waals surface area contributed by atoms with E-state index in [1.807, 2.05) is 0 Å². The summed E-state index contributed by atoms with van der Waals surface area (Å²) in [5.74, 6) is 0.252. The van der Waals surface area contributed by atoms with E-state index in [0.717, 1.165) is 0 Å². The van der Waals surface area contributed by atoms with Crippen LogP contribution in [0.15, 0.2) is 21.5 Å². The van der Waals surface area contributed by atoms with E-state index in [-0.39, 0.29) is 10.6 Å². The molecule has 0 aliphatic carbocycles. The van der Waals surface area contributed by atoms with Gasteiger partial charge in [-0.05, 0) is 28.1 Å². The van der Waals surface area contributed by atoms with Gasteiger partial charge in [-0.2, -0.15) is 0 Å². The average Bonchev–Trinajstić information content (AvgIpc) is 2.21. The number of benzene rings is 1. The number of rotatable bonds is 4. The summed E-state index contributed by atoms with van der Waals surface area (Å²) in [6.07, 6.45) is 0. The molecule has 0 bridgehead atoms. The lowest BCUT2D eigenvalue weighted by molar-refractivity contribution is 0.402. The average molecular weight is 309 g/mol. The quantitative estimate of drug-likeness (QED) is 0.822. The molecule has 3 N–H and O–H groups in total. The number of hydrogen-bond donors (Lipinski definition) is 2. The van der Waals surface area contributed by atoms with Gasteiger partial charge in [0.1, 0.15) is 10.6 Å². The summed E-state index contributed by atoms with van der Waals surface area (Å²) in [5, 5.41) is 0. The number of methoxy groups -OCH3 is 1. The highest BCUT2D eigenvalue weighted by Gasteiger charge is 2.20. The van der Waals surface area contributed by atoms with Crippen LogP contribution in [0, 0.1) is 0 Å². The number of halogens is 1. The molecule has 0 radical (unpaired) electrons. The van der Waals surface area contributed by atoms with Gasteiger partial charge in [0.15, 0.2) is 0 Å². The van der Waals surface area contributed by atoms with Crippen LogP contribution in [-0.4, -0.2) is 22.1 Å². The maximum Gasteiger partial charge on any atom is 0.244 e. The van der Waals surface area contributed by atoms with Crippen LogP contribution in [0.25, 0.3) is 0 Å². The van der Waals surface area contributed by atoms with Crippen LogP contribution in [0.2, 0.25) is 0 Å². The highest BCUT2D eigenvalue weighted by molar-refractivity contribution is 9.10. The molecule has 0 aliphatic heterocycles. The summed E-state index contributed by atoms with van der Waals surface area (Å²) in [6, 6.07) is 2.89. The third kappa shape index (κ3) is 2.66. The topological polar surface area (TPSA) is 81.4 Å².